The maximum atomic E-state index is 14.4. The Morgan fingerprint density at radius 3 is 2.45 bits per heavy atom. The van der Waals surface area contributed by atoms with Crippen molar-refractivity contribution >= 4 is 73.3 Å². The third kappa shape index (κ3) is 5.29. The summed E-state index contributed by atoms with van der Waals surface area (Å²) >= 11 is 15.0. The van der Waals surface area contributed by atoms with Crippen molar-refractivity contribution in [1.82, 2.24) is 9.62 Å². The molecule has 2 N–H and O–H groups in total. The molecule has 3 aromatic carbocycles. The van der Waals surface area contributed by atoms with Crippen molar-refractivity contribution < 1.29 is 22.7 Å². The van der Waals surface area contributed by atoms with E-state index in [0.717, 1.165) is 14.7 Å². The first-order valence-electron chi connectivity index (χ1n) is 13.5. The van der Waals surface area contributed by atoms with Crippen molar-refractivity contribution in [2.45, 2.75) is 42.7 Å². The number of sulfonamides is 1. The lowest BCUT2D eigenvalue weighted by Crippen LogP contribution is -2.57. The number of carbonyl (C=O) groups is 2. The summed E-state index contributed by atoms with van der Waals surface area (Å²) in [6, 6.07) is 17.6. The molecule has 2 saturated heterocycles. The van der Waals surface area contributed by atoms with Crippen LogP contribution >= 0.6 is 45.8 Å². The van der Waals surface area contributed by atoms with Crippen molar-refractivity contribution in [1.29, 1.82) is 0 Å². The summed E-state index contributed by atoms with van der Waals surface area (Å²) in [7, 11) is -3.28. The Bertz CT molecular complexity index is 1700. The number of carbonyl (C=O) groups excluding carboxylic acids is 2. The minimum Gasteiger partial charge on any atom is -0.490 e. The lowest BCUT2D eigenvalue weighted by Gasteiger charge is -2.47. The third-order valence-corrected chi connectivity index (χ3v) is 10.9. The first-order valence-corrected chi connectivity index (χ1v) is 17.2. The van der Waals surface area contributed by atoms with E-state index in [1.54, 1.807) is 18.2 Å². The van der Waals surface area contributed by atoms with Crippen LogP contribution in [-0.2, 0) is 25.0 Å². The molecule has 0 radical (unpaired) electrons. The van der Waals surface area contributed by atoms with Crippen LogP contribution in [0.2, 0.25) is 10.0 Å². The molecule has 1 unspecified atom stereocenters. The highest BCUT2D eigenvalue weighted by Gasteiger charge is 2.61. The second kappa shape index (κ2) is 11.3. The zero-order chi connectivity index (χ0) is 29.8. The summed E-state index contributed by atoms with van der Waals surface area (Å²) in [4.78, 5) is 27.8. The minimum atomic E-state index is -3.28. The number of nitrogens with one attached hydrogen (secondary N) is 2. The van der Waals surface area contributed by atoms with Gasteiger partial charge in [-0.1, -0.05) is 41.4 Å². The molecule has 220 valence electrons. The molecular weight excluding hydrogens is 712 g/mol. The quantitative estimate of drug-likeness (QED) is 0.330. The van der Waals surface area contributed by atoms with Crippen molar-refractivity contribution in [2.75, 3.05) is 24.7 Å². The second-order valence-corrected chi connectivity index (χ2v) is 15.1. The van der Waals surface area contributed by atoms with Gasteiger partial charge in [-0.05, 0) is 89.0 Å². The van der Waals surface area contributed by atoms with Gasteiger partial charge in [0.15, 0.2) is 0 Å². The zero-order valence-electron chi connectivity index (χ0n) is 22.6. The van der Waals surface area contributed by atoms with Gasteiger partial charge in [-0.15, -0.1) is 0 Å². The highest BCUT2D eigenvalue weighted by Crippen LogP contribution is 2.58. The number of piperidine rings is 2. The fraction of sp³-hybridized carbons (Fsp3) is 0.333. The summed E-state index contributed by atoms with van der Waals surface area (Å²) in [6.45, 7) is 0.724. The minimum absolute atomic E-state index is 0.0798. The van der Waals surface area contributed by atoms with Gasteiger partial charge in [0.25, 0.3) is 0 Å². The van der Waals surface area contributed by atoms with Crippen LogP contribution in [0, 0.1) is 3.57 Å². The predicted molar refractivity (Wildman–Crippen MR) is 171 cm³/mol. The van der Waals surface area contributed by atoms with Gasteiger partial charge >= 0.3 is 0 Å². The Hall–Kier alpha value is -2.38. The van der Waals surface area contributed by atoms with Gasteiger partial charge in [-0.2, -0.15) is 0 Å². The molecular formula is C30H28Cl2IN3O5S. The monoisotopic (exact) mass is 739 g/mol. The number of nitrogens with zero attached hydrogens (tertiary/aromatic N) is 1. The van der Waals surface area contributed by atoms with Crippen molar-refractivity contribution in [2.24, 2.45) is 0 Å². The summed E-state index contributed by atoms with van der Waals surface area (Å²) < 4.78 is 33.0. The lowest BCUT2D eigenvalue weighted by atomic mass is 9.59. The molecule has 12 heteroatoms. The highest BCUT2D eigenvalue weighted by molar-refractivity contribution is 14.1. The second-order valence-electron chi connectivity index (χ2n) is 11.0. The van der Waals surface area contributed by atoms with E-state index >= 15 is 0 Å². The molecule has 0 aromatic heterocycles. The van der Waals surface area contributed by atoms with Crippen LogP contribution in [0.15, 0.2) is 60.7 Å². The summed E-state index contributed by atoms with van der Waals surface area (Å²) in [5.41, 5.74) is 1.55. The molecule has 0 saturated carbocycles. The predicted octanol–water partition coefficient (Wildman–Crippen LogP) is 5.64. The maximum Gasteiger partial charge on any atom is 0.238 e. The van der Waals surface area contributed by atoms with E-state index in [-0.39, 0.29) is 24.3 Å². The molecule has 3 aromatic rings. The van der Waals surface area contributed by atoms with Crippen molar-refractivity contribution in [3.8, 4) is 5.75 Å². The third-order valence-electron chi connectivity index (χ3n) is 8.45. The number of amides is 2. The number of hydrogen-bond donors (Lipinski definition) is 2. The van der Waals surface area contributed by atoms with E-state index in [2.05, 4.69) is 33.2 Å². The van der Waals surface area contributed by atoms with Crippen LogP contribution in [0.1, 0.15) is 47.9 Å². The van der Waals surface area contributed by atoms with Crippen molar-refractivity contribution in [3.05, 3.63) is 91.0 Å². The van der Waals surface area contributed by atoms with Crippen LogP contribution in [0.5, 0.6) is 5.75 Å². The van der Waals surface area contributed by atoms with Crippen LogP contribution in [-0.4, -0.2) is 50.0 Å². The summed E-state index contributed by atoms with van der Waals surface area (Å²) in [6.07, 6.45) is 2.10. The smallest absolute Gasteiger partial charge is 0.238 e. The van der Waals surface area contributed by atoms with Crippen LogP contribution in [0.25, 0.3) is 0 Å². The van der Waals surface area contributed by atoms with E-state index in [9.17, 15) is 18.0 Å². The Morgan fingerprint density at radius 1 is 1.00 bits per heavy atom. The van der Waals surface area contributed by atoms with Crippen LogP contribution in [0.3, 0.4) is 0 Å². The van der Waals surface area contributed by atoms with Gasteiger partial charge in [-0.3, -0.25) is 9.59 Å². The number of ether oxygens (including phenoxy) is 1. The average Bonchev–Trinajstić information content (AvgIpc) is 3.21. The molecule has 3 aliphatic rings. The number of halogens is 3. The molecule has 6 rings (SSSR count). The SMILES string of the molecule is CS(=O)(=O)N1CCC(Oc2ccc(I)cc2[C@H]2NC(=O)C[C@@H](c3cccc(Cl)c3)C23C(=O)Nc2cc(Cl)ccc23)CC1. The lowest BCUT2D eigenvalue weighted by molar-refractivity contribution is -0.131. The largest absolute Gasteiger partial charge is 0.490 e. The Balaban J connectivity index is 1.49. The van der Waals surface area contributed by atoms with Crippen LogP contribution < -0.4 is 15.4 Å². The number of hydrogen-bond acceptors (Lipinski definition) is 5. The molecule has 3 atom stereocenters. The van der Waals surface area contributed by atoms with E-state index in [4.69, 9.17) is 27.9 Å². The van der Waals surface area contributed by atoms with E-state index in [1.807, 2.05) is 42.5 Å². The number of benzene rings is 3. The molecule has 8 nitrogen and oxygen atoms in total. The molecule has 3 heterocycles. The Labute approximate surface area is 268 Å². The zero-order valence-corrected chi connectivity index (χ0v) is 27.1. The standard InChI is InChI=1S/C30H28Cl2IN3O5S/c1-42(39,40)36-11-9-21(10-12-36)41-26-8-6-20(33)15-22(26)28-30(23-7-5-19(32)14-25(23)34-29(30)38)24(16-27(37)35-28)17-3-2-4-18(31)13-17/h2-8,13-15,21,24,28H,9-12,16H2,1H3,(H,34,38)(H,35,37)/t24-,28+,30?/m0/s1. The van der Waals surface area contributed by atoms with E-state index in [0.29, 0.717) is 53.0 Å². The molecule has 2 fully saturated rings. The van der Waals surface area contributed by atoms with Gasteiger partial charge in [0.1, 0.15) is 17.3 Å². The average molecular weight is 740 g/mol. The highest BCUT2D eigenvalue weighted by atomic mass is 127. The first kappa shape index (κ1) is 29.7. The molecule has 1 spiro atoms. The maximum absolute atomic E-state index is 14.4. The Morgan fingerprint density at radius 2 is 1.74 bits per heavy atom. The van der Waals surface area contributed by atoms with Gasteiger partial charge in [0.2, 0.25) is 21.8 Å². The van der Waals surface area contributed by atoms with E-state index < -0.39 is 27.4 Å². The summed E-state index contributed by atoms with van der Waals surface area (Å²) in [5.74, 6) is -0.445. The van der Waals surface area contributed by atoms with Crippen LogP contribution in [0.4, 0.5) is 5.69 Å². The fourth-order valence-electron chi connectivity index (χ4n) is 6.58. The van der Waals surface area contributed by atoms with Gasteiger partial charge in [-0.25, -0.2) is 12.7 Å². The van der Waals surface area contributed by atoms with Gasteiger partial charge in [0.05, 0.1) is 12.3 Å². The number of anilines is 1. The molecule has 42 heavy (non-hydrogen) atoms. The first-order chi connectivity index (χ1) is 20.0. The molecule has 3 aliphatic heterocycles. The fourth-order valence-corrected chi connectivity index (χ4v) is 8.34. The number of fused-ring (bicyclic) bond motifs is 2. The molecule has 2 amide bonds. The van der Waals surface area contributed by atoms with Gasteiger partial charge < -0.3 is 15.4 Å². The van der Waals surface area contributed by atoms with Crippen molar-refractivity contribution in [3.63, 3.8) is 0 Å². The Kier molecular flexibility index (Phi) is 7.97. The van der Waals surface area contributed by atoms with E-state index in [1.165, 1.54) is 10.6 Å². The summed E-state index contributed by atoms with van der Waals surface area (Å²) in [5, 5.41) is 7.21. The number of rotatable bonds is 5. The normalized spacial score (nSPS) is 24.8. The molecule has 0 aliphatic carbocycles. The molecule has 0 bridgehead atoms. The topological polar surface area (TPSA) is 105 Å². The van der Waals surface area contributed by atoms with Gasteiger partial charge in [0, 0.05) is 50.3 Å².